The van der Waals surface area contributed by atoms with Crippen LogP contribution in [0.3, 0.4) is 0 Å². The lowest BCUT2D eigenvalue weighted by molar-refractivity contribution is -0.379. The van der Waals surface area contributed by atoms with Gasteiger partial charge in [-0.3, -0.25) is 4.79 Å². The molecule has 3 aliphatic heterocycles. The average molecular weight is 1500 g/mol. The van der Waals surface area contributed by atoms with Crippen molar-refractivity contribution < 1.29 is 89.4 Å². The van der Waals surface area contributed by atoms with Gasteiger partial charge in [0.25, 0.3) is 0 Å². The molecule has 19 nitrogen and oxygen atoms in total. The quantitative estimate of drug-likeness (QED) is 0.0199. The zero-order chi connectivity index (χ0) is 76.7. The smallest absolute Gasteiger partial charge is 0.220 e. The van der Waals surface area contributed by atoms with E-state index in [2.05, 4.69) is 92.1 Å². The number of carbonyl (C=O) groups excluding carboxylic acids is 1. The maximum atomic E-state index is 13.5. The Hall–Kier alpha value is -3.03. The molecule has 0 aromatic carbocycles. The molecule has 0 radical (unpaired) electrons. The molecule has 106 heavy (non-hydrogen) atoms. The fraction of sp³-hybridized carbons (Fsp3) is 0.828. The molecule has 0 aromatic rings. The second-order valence-electron chi connectivity index (χ2n) is 30.3. The number of nitrogens with one attached hydrogen (secondary N) is 1. The van der Waals surface area contributed by atoms with Gasteiger partial charge in [0, 0.05) is 6.42 Å². The van der Waals surface area contributed by atoms with Gasteiger partial charge in [0.15, 0.2) is 18.9 Å². The third kappa shape index (κ3) is 45.5. The van der Waals surface area contributed by atoms with Crippen LogP contribution in [-0.2, 0) is 33.2 Å². The summed E-state index contributed by atoms with van der Waals surface area (Å²) in [5.74, 6) is -0.271. The van der Waals surface area contributed by atoms with Crippen LogP contribution in [0.2, 0.25) is 0 Å². The van der Waals surface area contributed by atoms with Gasteiger partial charge in [0.05, 0.1) is 38.6 Å². The molecule has 1 amide bonds. The minimum absolute atomic E-state index is 0.244. The van der Waals surface area contributed by atoms with E-state index in [1.807, 2.05) is 6.08 Å². The van der Waals surface area contributed by atoms with Crippen LogP contribution in [0.25, 0.3) is 0 Å². The highest BCUT2D eigenvalue weighted by Crippen LogP contribution is 2.33. The summed E-state index contributed by atoms with van der Waals surface area (Å²) in [6.45, 7) is 1.66. The van der Waals surface area contributed by atoms with Gasteiger partial charge in [-0.2, -0.15) is 0 Å². The second-order valence-corrected chi connectivity index (χ2v) is 30.3. The monoisotopic (exact) mass is 1500 g/mol. The summed E-state index contributed by atoms with van der Waals surface area (Å²) in [5.41, 5.74) is 0. The maximum absolute atomic E-state index is 13.5. The Morgan fingerprint density at radius 3 is 1.02 bits per heavy atom. The van der Waals surface area contributed by atoms with E-state index in [-0.39, 0.29) is 18.9 Å². The van der Waals surface area contributed by atoms with Crippen molar-refractivity contribution in [3.8, 4) is 0 Å². The molecule has 19 heteroatoms. The van der Waals surface area contributed by atoms with Crippen LogP contribution in [0.4, 0.5) is 0 Å². The molecule has 616 valence electrons. The van der Waals surface area contributed by atoms with Gasteiger partial charge in [-0.25, -0.2) is 0 Å². The van der Waals surface area contributed by atoms with Crippen molar-refractivity contribution in [3.63, 3.8) is 0 Å². The van der Waals surface area contributed by atoms with Crippen LogP contribution in [0.1, 0.15) is 328 Å². The lowest BCUT2D eigenvalue weighted by atomic mass is 9.96. The molecule has 0 spiro atoms. The highest BCUT2D eigenvalue weighted by molar-refractivity contribution is 5.76. The van der Waals surface area contributed by atoms with Gasteiger partial charge < -0.3 is 89.9 Å². The van der Waals surface area contributed by atoms with E-state index in [1.165, 1.54) is 218 Å². The summed E-state index contributed by atoms with van der Waals surface area (Å²) in [4.78, 5) is 13.5. The molecule has 0 bridgehead atoms. The standard InChI is InChI=1S/C87H155NO18/c1-3-5-7-9-11-13-15-17-19-21-23-25-27-28-29-30-31-32-33-34-35-36-37-38-39-40-41-42-43-45-47-49-51-53-55-57-59-61-63-65-75(93)88-70(71(92)64-62-60-58-56-54-52-50-48-46-44-26-24-22-20-18-16-14-12-10-8-6-4-2)69-101-85-81(99)78(96)83(73(67-90)103-85)106-87-82(100)79(97)84(74(68-91)104-87)105-86-80(98)77(95)76(94)72(66-89)102-86/h5,7,11,13,17,19,23,25,28-29,31-32,62,64,70-74,76-87,89-92,94-100H,3-4,6,8-10,12,14-16,18,20-22,24,26-27,30,33-61,63,65-69H2,1-2H3,(H,88,93)/b7-5-,13-11-,19-17-,25-23-,29-28-,32-31-,64-62+. The molecule has 12 N–H and O–H groups in total. The normalized spacial score (nSPS) is 26.1. The SMILES string of the molecule is CC/C=C\C/C=C\C/C=C\C/C=C\C/C=C\C/C=C\CCCCCCCCCCCCCCCCCCCCCCC(=O)NC(COC1OC(CO)C(OC2OC(CO)C(OC3OC(CO)C(O)C(O)C3O)C(O)C2O)C(O)C1O)C(O)/C=C/CCCCCCCCCCCCCCCCCCCCCC. The fourth-order valence-corrected chi connectivity index (χ4v) is 14.1. The summed E-state index contributed by atoms with van der Waals surface area (Å²) < 4.78 is 34.5. The molecule has 0 saturated carbocycles. The van der Waals surface area contributed by atoms with Crippen molar-refractivity contribution in [1.82, 2.24) is 5.32 Å². The third-order valence-corrected chi connectivity index (χ3v) is 20.9. The van der Waals surface area contributed by atoms with E-state index in [1.54, 1.807) is 6.08 Å². The predicted octanol–water partition coefficient (Wildman–Crippen LogP) is 15.3. The van der Waals surface area contributed by atoms with E-state index < -0.39 is 124 Å². The number of aliphatic hydroxyl groups is 11. The molecule has 17 unspecified atom stereocenters. The molecule has 17 atom stereocenters. The Labute approximate surface area is 641 Å². The lowest BCUT2D eigenvalue weighted by Gasteiger charge is -2.48. The first kappa shape index (κ1) is 97.2. The molecule has 3 heterocycles. The van der Waals surface area contributed by atoms with Crippen LogP contribution in [0.5, 0.6) is 0 Å². The van der Waals surface area contributed by atoms with Crippen molar-refractivity contribution in [3.05, 3.63) is 85.1 Å². The van der Waals surface area contributed by atoms with Crippen molar-refractivity contribution in [2.45, 2.75) is 433 Å². The van der Waals surface area contributed by atoms with Crippen molar-refractivity contribution in [2.24, 2.45) is 0 Å². The first-order valence-electron chi connectivity index (χ1n) is 42.8. The Bertz CT molecular complexity index is 2240. The number of allylic oxidation sites excluding steroid dienone is 13. The zero-order valence-electron chi connectivity index (χ0n) is 66.2. The molecule has 0 aromatic heterocycles. The highest BCUT2D eigenvalue weighted by atomic mass is 16.8. The topological polar surface area (TPSA) is 307 Å². The fourth-order valence-electron chi connectivity index (χ4n) is 14.1. The van der Waals surface area contributed by atoms with Gasteiger partial charge in [-0.15, -0.1) is 0 Å². The third-order valence-electron chi connectivity index (χ3n) is 20.9. The Morgan fingerprint density at radius 2 is 0.651 bits per heavy atom. The maximum Gasteiger partial charge on any atom is 0.220 e. The van der Waals surface area contributed by atoms with E-state index in [0.29, 0.717) is 6.42 Å². The Kier molecular flexibility index (Phi) is 61.0. The summed E-state index contributed by atoms with van der Waals surface area (Å²) in [5, 5.41) is 121. The molecule has 0 aliphatic carbocycles. The summed E-state index contributed by atoms with van der Waals surface area (Å²) in [6, 6.07) is -0.976. The van der Waals surface area contributed by atoms with E-state index in [0.717, 1.165) is 83.5 Å². The van der Waals surface area contributed by atoms with Crippen molar-refractivity contribution in [2.75, 3.05) is 26.4 Å². The highest BCUT2D eigenvalue weighted by Gasteiger charge is 2.54. The van der Waals surface area contributed by atoms with Crippen LogP contribution in [-0.4, -0.2) is 193 Å². The summed E-state index contributed by atoms with van der Waals surface area (Å²) >= 11 is 0. The summed E-state index contributed by atoms with van der Waals surface area (Å²) in [6.07, 6.45) is 62.9. The Morgan fingerprint density at radius 1 is 0.349 bits per heavy atom. The van der Waals surface area contributed by atoms with Gasteiger partial charge in [0.1, 0.15) is 73.2 Å². The number of amides is 1. The minimum atomic E-state index is -1.98. The number of rotatable bonds is 68. The van der Waals surface area contributed by atoms with Crippen LogP contribution in [0.15, 0.2) is 85.1 Å². The van der Waals surface area contributed by atoms with Gasteiger partial charge >= 0.3 is 0 Å². The van der Waals surface area contributed by atoms with Gasteiger partial charge in [-0.1, -0.05) is 336 Å². The van der Waals surface area contributed by atoms with Gasteiger partial charge in [-0.05, 0) is 70.6 Å². The van der Waals surface area contributed by atoms with Crippen molar-refractivity contribution >= 4 is 5.91 Å². The number of hydrogen-bond acceptors (Lipinski definition) is 18. The molecular weight excluding hydrogens is 1350 g/mol. The number of hydrogen-bond donors (Lipinski definition) is 12. The van der Waals surface area contributed by atoms with E-state index in [9.17, 15) is 61.0 Å². The average Bonchev–Trinajstić information content (AvgIpc) is 0.780. The summed E-state index contributed by atoms with van der Waals surface area (Å²) in [7, 11) is 0. The van der Waals surface area contributed by atoms with Gasteiger partial charge in [0.2, 0.25) is 5.91 Å². The van der Waals surface area contributed by atoms with E-state index >= 15 is 0 Å². The molecule has 3 rings (SSSR count). The number of ether oxygens (including phenoxy) is 6. The van der Waals surface area contributed by atoms with Crippen LogP contribution >= 0.6 is 0 Å². The zero-order valence-corrected chi connectivity index (χ0v) is 66.2. The number of aliphatic hydroxyl groups excluding tert-OH is 11. The molecule has 3 fully saturated rings. The molecule has 3 aliphatic rings. The van der Waals surface area contributed by atoms with Crippen LogP contribution < -0.4 is 5.32 Å². The van der Waals surface area contributed by atoms with Crippen LogP contribution in [0, 0.1) is 0 Å². The molecule has 3 saturated heterocycles. The molecular formula is C87H155NO18. The number of carbonyl (C=O) groups is 1. The second kappa shape index (κ2) is 66.6. The predicted molar refractivity (Wildman–Crippen MR) is 424 cm³/mol. The lowest BCUT2D eigenvalue weighted by Crippen LogP contribution is -2.66. The van der Waals surface area contributed by atoms with E-state index in [4.69, 9.17) is 28.4 Å². The largest absolute Gasteiger partial charge is 0.394 e. The Balaban J connectivity index is 1.32. The first-order valence-corrected chi connectivity index (χ1v) is 42.8. The van der Waals surface area contributed by atoms with Crippen molar-refractivity contribution in [1.29, 1.82) is 0 Å². The minimum Gasteiger partial charge on any atom is -0.394 e. The first-order chi connectivity index (χ1) is 51.8. The number of unbranched alkanes of at least 4 members (excludes halogenated alkanes) is 40.